The van der Waals surface area contributed by atoms with Crippen LogP contribution in [0.15, 0.2) is 9.95 Å². The van der Waals surface area contributed by atoms with Gasteiger partial charge in [0.15, 0.2) is 5.16 Å². The smallest absolute Gasteiger partial charge is 0.263 e. The summed E-state index contributed by atoms with van der Waals surface area (Å²) in [6, 6.07) is 0. The molecule has 0 fully saturated rings. The van der Waals surface area contributed by atoms with E-state index < -0.39 is 0 Å². The van der Waals surface area contributed by atoms with Crippen molar-refractivity contribution >= 4 is 45.1 Å². The third-order valence-electron chi connectivity index (χ3n) is 4.15. The van der Waals surface area contributed by atoms with Gasteiger partial charge in [-0.05, 0) is 31.7 Å². The molecule has 2 aromatic heterocycles. The van der Waals surface area contributed by atoms with Crippen LogP contribution in [0.4, 0.5) is 0 Å². The highest BCUT2D eigenvalue weighted by Crippen LogP contribution is 2.28. The third-order valence-corrected chi connectivity index (χ3v) is 6.23. The number of thioether (sulfide) groups is 1. The van der Waals surface area contributed by atoms with Crippen LogP contribution in [0.1, 0.15) is 37.6 Å². The highest BCUT2D eigenvalue weighted by atomic mass is 32.2. The molecule has 0 radical (unpaired) electrons. The molecule has 28 heavy (non-hydrogen) atoms. The van der Waals surface area contributed by atoms with Gasteiger partial charge in [0.05, 0.1) is 17.7 Å². The van der Waals surface area contributed by atoms with E-state index in [2.05, 4.69) is 15.6 Å². The van der Waals surface area contributed by atoms with Crippen LogP contribution in [0.2, 0.25) is 0 Å². The number of hydrogen-bond donors (Lipinski definition) is 2. The summed E-state index contributed by atoms with van der Waals surface area (Å²) >= 11 is 2.72. The molecule has 2 rings (SSSR count). The van der Waals surface area contributed by atoms with Gasteiger partial charge in [0.2, 0.25) is 11.8 Å². The van der Waals surface area contributed by atoms with Gasteiger partial charge in [-0.15, -0.1) is 11.3 Å². The molecule has 0 atom stereocenters. The first-order valence-electron chi connectivity index (χ1n) is 9.41. The number of aromatic nitrogens is 2. The maximum atomic E-state index is 13.0. The average Bonchev–Trinajstić information content (AvgIpc) is 2.92. The van der Waals surface area contributed by atoms with Gasteiger partial charge in [-0.3, -0.25) is 19.0 Å². The van der Waals surface area contributed by atoms with E-state index in [1.165, 1.54) is 23.1 Å². The van der Waals surface area contributed by atoms with Gasteiger partial charge in [-0.1, -0.05) is 32.5 Å². The Hall–Kier alpha value is -1.87. The highest BCUT2D eigenvalue weighted by molar-refractivity contribution is 7.99. The van der Waals surface area contributed by atoms with E-state index in [9.17, 15) is 14.4 Å². The molecule has 0 bridgehead atoms. The molecule has 2 aromatic rings. The van der Waals surface area contributed by atoms with Crippen molar-refractivity contribution in [1.29, 1.82) is 0 Å². The summed E-state index contributed by atoms with van der Waals surface area (Å²) in [7, 11) is 0. The molecular weight excluding hydrogens is 396 g/mol. The number of thiophene rings is 1. The molecule has 0 aliphatic carbocycles. The molecule has 0 unspecified atom stereocenters. The van der Waals surface area contributed by atoms with Crippen LogP contribution in [0.3, 0.4) is 0 Å². The zero-order valence-corrected chi connectivity index (χ0v) is 18.7. The average molecular weight is 425 g/mol. The van der Waals surface area contributed by atoms with Gasteiger partial charge in [0, 0.05) is 18.0 Å². The lowest BCUT2D eigenvalue weighted by atomic mass is 10.2. The van der Waals surface area contributed by atoms with Crippen LogP contribution < -0.4 is 16.2 Å². The summed E-state index contributed by atoms with van der Waals surface area (Å²) in [5.74, 6) is -0.102. The minimum absolute atomic E-state index is 0.0476. The molecule has 2 amide bonds. The van der Waals surface area contributed by atoms with Gasteiger partial charge in [-0.25, -0.2) is 4.98 Å². The summed E-state index contributed by atoms with van der Waals surface area (Å²) < 4.78 is 1.66. The molecule has 2 N–H and O–H groups in total. The number of nitrogens with zero attached hydrogens (tertiary/aromatic N) is 2. The number of carbonyl (C=O) groups is 2. The Morgan fingerprint density at radius 1 is 1.21 bits per heavy atom. The quantitative estimate of drug-likeness (QED) is 0.476. The second kappa shape index (κ2) is 10.1. The van der Waals surface area contributed by atoms with Gasteiger partial charge >= 0.3 is 0 Å². The minimum Gasteiger partial charge on any atom is -0.355 e. The first-order valence-corrected chi connectivity index (χ1v) is 11.2. The van der Waals surface area contributed by atoms with E-state index in [4.69, 9.17) is 0 Å². The van der Waals surface area contributed by atoms with E-state index in [1.807, 2.05) is 34.6 Å². The Labute approximate surface area is 173 Å². The summed E-state index contributed by atoms with van der Waals surface area (Å²) in [6.45, 7) is 11.1. The fourth-order valence-corrected chi connectivity index (χ4v) is 4.54. The van der Waals surface area contributed by atoms with Crippen molar-refractivity contribution in [2.24, 2.45) is 5.92 Å². The van der Waals surface area contributed by atoms with E-state index in [0.717, 1.165) is 16.9 Å². The van der Waals surface area contributed by atoms with Crippen LogP contribution in [0.25, 0.3) is 10.2 Å². The van der Waals surface area contributed by atoms with Crippen LogP contribution in [-0.2, 0) is 16.1 Å². The first-order chi connectivity index (χ1) is 13.2. The van der Waals surface area contributed by atoms with E-state index >= 15 is 0 Å². The largest absolute Gasteiger partial charge is 0.355 e. The van der Waals surface area contributed by atoms with Crippen molar-refractivity contribution in [3.05, 3.63) is 20.8 Å². The normalized spacial score (nSPS) is 11.2. The summed E-state index contributed by atoms with van der Waals surface area (Å²) in [5, 5.41) is 6.52. The Kier molecular flexibility index (Phi) is 8.06. The van der Waals surface area contributed by atoms with Gasteiger partial charge in [0.1, 0.15) is 4.83 Å². The molecule has 0 saturated carbocycles. The Bertz CT molecular complexity index is 918. The lowest BCUT2D eigenvalue weighted by molar-refractivity contribution is -0.124. The zero-order valence-electron chi connectivity index (χ0n) is 17.0. The maximum absolute atomic E-state index is 13.0. The number of hydrogen-bond acceptors (Lipinski definition) is 6. The fourth-order valence-electron chi connectivity index (χ4n) is 2.63. The number of amides is 2. The van der Waals surface area contributed by atoms with Gasteiger partial charge < -0.3 is 10.6 Å². The van der Waals surface area contributed by atoms with Crippen molar-refractivity contribution in [2.45, 2.75) is 52.7 Å². The molecular formula is C19H28N4O3S2. The van der Waals surface area contributed by atoms with Crippen molar-refractivity contribution in [3.63, 3.8) is 0 Å². The molecule has 0 aliphatic rings. The minimum atomic E-state index is -0.263. The number of aryl methyl sites for hydroxylation is 2. The third kappa shape index (κ3) is 5.57. The molecule has 0 aliphatic heterocycles. The van der Waals surface area contributed by atoms with Crippen molar-refractivity contribution in [2.75, 3.05) is 18.8 Å². The molecule has 9 heteroatoms. The van der Waals surface area contributed by atoms with Crippen LogP contribution in [-0.4, -0.2) is 40.2 Å². The number of carbonyl (C=O) groups excluding carboxylic acids is 2. The van der Waals surface area contributed by atoms with Crippen molar-refractivity contribution < 1.29 is 9.59 Å². The van der Waals surface area contributed by atoms with Crippen LogP contribution >= 0.6 is 23.1 Å². The predicted molar refractivity (Wildman–Crippen MR) is 115 cm³/mol. The van der Waals surface area contributed by atoms with E-state index in [0.29, 0.717) is 28.5 Å². The van der Waals surface area contributed by atoms with E-state index in [1.54, 1.807) is 4.57 Å². The second-order valence-electron chi connectivity index (χ2n) is 7.08. The second-order valence-corrected chi connectivity index (χ2v) is 9.23. The van der Waals surface area contributed by atoms with Gasteiger partial charge in [0.25, 0.3) is 5.56 Å². The van der Waals surface area contributed by atoms with E-state index in [-0.39, 0.29) is 35.6 Å². The Morgan fingerprint density at radius 3 is 2.57 bits per heavy atom. The number of rotatable bonds is 9. The fraction of sp³-hybridized carbons (Fsp3) is 0.579. The maximum Gasteiger partial charge on any atom is 0.263 e. The molecule has 0 spiro atoms. The molecule has 2 heterocycles. The monoisotopic (exact) mass is 424 g/mol. The standard InChI is InChI=1S/C19H28N4O3S2/c1-6-7-20-14(24)8-21-15(25)10-27-19-22-17-16(12(4)13(5)28-17)18(26)23(19)9-11(2)3/h11H,6-10H2,1-5H3,(H,20,24)(H,21,25). The lowest BCUT2D eigenvalue weighted by Crippen LogP contribution is -2.38. The van der Waals surface area contributed by atoms with Crippen molar-refractivity contribution in [3.8, 4) is 0 Å². The molecule has 0 aromatic carbocycles. The molecule has 0 saturated heterocycles. The number of nitrogens with one attached hydrogen (secondary N) is 2. The Balaban J connectivity index is 2.15. The SMILES string of the molecule is CCCNC(=O)CNC(=O)CSc1nc2sc(C)c(C)c2c(=O)n1CC(C)C. The van der Waals surface area contributed by atoms with Gasteiger partial charge in [-0.2, -0.15) is 0 Å². The highest BCUT2D eigenvalue weighted by Gasteiger charge is 2.18. The summed E-state index contributed by atoms with van der Waals surface area (Å²) in [5.41, 5.74) is 0.921. The zero-order chi connectivity index (χ0) is 20.8. The topological polar surface area (TPSA) is 93.1 Å². The number of fused-ring (bicyclic) bond motifs is 1. The first kappa shape index (κ1) is 22.4. The summed E-state index contributed by atoms with van der Waals surface area (Å²) in [4.78, 5) is 43.2. The van der Waals surface area contributed by atoms with Crippen LogP contribution in [0.5, 0.6) is 0 Å². The molecule has 154 valence electrons. The predicted octanol–water partition coefficient (Wildman–Crippen LogP) is 2.47. The lowest BCUT2D eigenvalue weighted by Gasteiger charge is -2.14. The van der Waals surface area contributed by atoms with Crippen molar-refractivity contribution in [1.82, 2.24) is 20.2 Å². The Morgan fingerprint density at radius 2 is 1.93 bits per heavy atom. The summed E-state index contributed by atoms with van der Waals surface area (Å²) in [6.07, 6.45) is 0.846. The van der Waals surface area contributed by atoms with Crippen LogP contribution in [0, 0.1) is 19.8 Å². The molecule has 7 nitrogen and oxygen atoms in total.